The third-order valence-electron chi connectivity index (χ3n) is 2.48. The van der Waals surface area contributed by atoms with Crippen molar-refractivity contribution in [1.29, 1.82) is 0 Å². The van der Waals surface area contributed by atoms with Gasteiger partial charge in [-0.3, -0.25) is 0 Å². The first kappa shape index (κ1) is 13.4. The topological polar surface area (TPSA) is 83.2 Å². The van der Waals surface area contributed by atoms with E-state index in [4.69, 9.17) is 5.73 Å². The van der Waals surface area contributed by atoms with E-state index in [9.17, 15) is 0 Å². The zero-order chi connectivity index (χ0) is 13.0. The summed E-state index contributed by atoms with van der Waals surface area (Å²) < 4.78 is 0. The van der Waals surface area contributed by atoms with E-state index < -0.39 is 0 Å². The highest BCUT2D eigenvalue weighted by atomic mass is 15.3. The molecule has 0 amide bonds. The Bertz CT molecular complexity index is 364. The fraction of sp³-hybridized carbons (Fsp3) is 0.700. The van der Waals surface area contributed by atoms with E-state index in [-0.39, 0.29) is 5.95 Å². The molecule has 1 rings (SSSR count). The van der Waals surface area contributed by atoms with Crippen LogP contribution in [0.15, 0.2) is 0 Å². The number of nitrogens with zero attached hydrogens (tertiary/aromatic N) is 5. The van der Waals surface area contributed by atoms with E-state index in [0.29, 0.717) is 17.9 Å². The smallest absolute Gasteiger partial charge is 0.231 e. The van der Waals surface area contributed by atoms with Gasteiger partial charge in [0.05, 0.1) is 0 Å². The van der Waals surface area contributed by atoms with Crippen LogP contribution in [0.5, 0.6) is 0 Å². The third kappa shape index (κ3) is 4.03. The predicted octanol–water partition coefficient (Wildman–Crippen LogP) is -0.118. The zero-order valence-electron chi connectivity index (χ0n) is 11.1. The number of aromatic nitrogens is 3. The molecule has 0 aliphatic heterocycles. The van der Waals surface area contributed by atoms with E-state index in [2.05, 4.69) is 32.1 Å². The highest BCUT2D eigenvalue weighted by molar-refractivity contribution is 5.40. The highest BCUT2D eigenvalue weighted by Gasteiger charge is 2.08. The number of hydrogen-bond donors (Lipinski definition) is 2. The average molecular weight is 239 g/mol. The van der Waals surface area contributed by atoms with Crippen molar-refractivity contribution < 1.29 is 0 Å². The molecular weight excluding hydrogens is 218 g/mol. The van der Waals surface area contributed by atoms with Crippen molar-refractivity contribution in [2.45, 2.75) is 13.0 Å². The zero-order valence-corrected chi connectivity index (χ0v) is 11.1. The minimum absolute atomic E-state index is 0.226. The Labute approximate surface area is 102 Å². The summed E-state index contributed by atoms with van der Waals surface area (Å²) in [4.78, 5) is 16.2. The SMILES string of the molecule is CC(CNc1nc(N)nc(N(C)C)n1)N(C)C. The summed E-state index contributed by atoms with van der Waals surface area (Å²) in [5.74, 6) is 1.29. The molecule has 0 saturated heterocycles. The monoisotopic (exact) mass is 239 g/mol. The molecule has 0 aromatic carbocycles. The molecule has 0 spiro atoms. The number of anilines is 3. The Hall–Kier alpha value is -1.63. The second-order valence-corrected chi connectivity index (χ2v) is 4.41. The quantitative estimate of drug-likeness (QED) is 0.741. The van der Waals surface area contributed by atoms with E-state index in [1.165, 1.54) is 0 Å². The Balaban J connectivity index is 2.71. The summed E-state index contributed by atoms with van der Waals surface area (Å²) in [6.07, 6.45) is 0. The second kappa shape index (κ2) is 5.62. The lowest BCUT2D eigenvalue weighted by atomic mass is 10.3. The molecule has 1 heterocycles. The fourth-order valence-corrected chi connectivity index (χ4v) is 1.08. The van der Waals surface area contributed by atoms with Gasteiger partial charge in [0.1, 0.15) is 0 Å². The molecular formula is C10H21N7. The van der Waals surface area contributed by atoms with Crippen LogP contribution in [-0.4, -0.2) is 60.6 Å². The lowest BCUT2D eigenvalue weighted by Gasteiger charge is -2.20. The Morgan fingerprint density at radius 2 is 1.82 bits per heavy atom. The predicted molar refractivity (Wildman–Crippen MR) is 70.2 cm³/mol. The minimum Gasteiger partial charge on any atom is -0.368 e. The molecule has 7 nitrogen and oxygen atoms in total. The first-order valence-corrected chi connectivity index (χ1v) is 5.49. The molecule has 1 atom stereocenters. The van der Waals surface area contributed by atoms with Crippen LogP contribution >= 0.6 is 0 Å². The van der Waals surface area contributed by atoms with Crippen LogP contribution in [0.1, 0.15) is 6.92 Å². The van der Waals surface area contributed by atoms with Gasteiger partial charge in [0.2, 0.25) is 17.8 Å². The van der Waals surface area contributed by atoms with Crippen molar-refractivity contribution in [1.82, 2.24) is 19.9 Å². The van der Waals surface area contributed by atoms with Crippen molar-refractivity contribution in [3.05, 3.63) is 0 Å². The average Bonchev–Trinajstić information content (AvgIpc) is 2.24. The summed E-state index contributed by atoms with van der Waals surface area (Å²) in [5.41, 5.74) is 5.62. The highest BCUT2D eigenvalue weighted by Crippen LogP contribution is 2.09. The molecule has 17 heavy (non-hydrogen) atoms. The molecule has 1 unspecified atom stereocenters. The number of hydrogen-bond acceptors (Lipinski definition) is 7. The van der Waals surface area contributed by atoms with Gasteiger partial charge in [0.25, 0.3) is 0 Å². The van der Waals surface area contributed by atoms with E-state index in [0.717, 1.165) is 6.54 Å². The molecule has 0 aliphatic carbocycles. The molecule has 1 aromatic heterocycles. The summed E-state index contributed by atoms with van der Waals surface area (Å²) in [5, 5.41) is 3.15. The number of nitrogens with two attached hydrogens (primary N) is 1. The van der Waals surface area contributed by atoms with Crippen LogP contribution in [0.3, 0.4) is 0 Å². The van der Waals surface area contributed by atoms with E-state index in [1.54, 1.807) is 4.90 Å². The van der Waals surface area contributed by atoms with E-state index >= 15 is 0 Å². The first-order valence-electron chi connectivity index (χ1n) is 5.49. The Kier molecular flexibility index (Phi) is 4.45. The Morgan fingerprint density at radius 3 is 2.35 bits per heavy atom. The van der Waals surface area contributed by atoms with Gasteiger partial charge in [-0.05, 0) is 21.0 Å². The third-order valence-corrected chi connectivity index (χ3v) is 2.48. The molecule has 7 heteroatoms. The van der Waals surface area contributed by atoms with Crippen LogP contribution in [0.25, 0.3) is 0 Å². The number of nitrogens with one attached hydrogen (secondary N) is 1. The molecule has 3 N–H and O–H groups in total. The summed E-state index contributed by atoms with van der Waals surface area (Å²) in [6, 6.07) is 0.385. The normalized spacial score (nSPS) is 12.6. The second-order valence-electron chi connectivity index (χ2n) is 4.41. The lowest BCUT2D eigenvalue weighted by Crippen LogP contribution is -2.32. The Morgan fingerprint density at radius 1 is 1.18 bits per heavy atom. The summed E-state index contributed by atoms with van der Waals surface area (Å²) in [7, 11) is 7.78. The van der Waals surface area contributed by atoms with Crippen molar-refractivity contribution >= 4 is 17.8 Å². The van der Waals surface area contributed by atoms with Gasteiger partial charge in [-0.2, -0.15) is 15.0 Å². The van der Waals surface area contributed by atoms with Crippen LogP contribution in [0, 0.1) is 0 Å². The van der Waals surface area contributed by atoms with Crippen LogP contribution in [0.4, 0.5) is 17.8 Å². The van der Waals surface area contributed by atoms with Gasteiger partial charge in [0.15, 0.2) is 0 Å². The van der Waals surface area contributed by atoms with Gasteiger partial charge >= 0.3 is 0 Å². The van der Waals surface area contributed by atoms with E-state index in [1.807, 2.05) is 28.2 Å². The van der Waals surface area contributed by atoms with Gasteiger partial charge in [0, 0.05) is 26.7 Å². The molecule has 0 saturated carbocycles. The largest absolute Gasteiger partial charge is 0.368 e. The standard InChI is InChI=1S/C10H21N7/c1-7(16(2)3)6-12-9-13-8(11)14-10(15-9)17(4)5/h7H,6H2,1-5H3,(H3,11,12,13,14,15). The summed E-state index contributed by atoms with van der Waals surface area (Å²) >= 11 is 0. The van der Waals surface area contributed by atoms with Gasteiger partial charge in [-0.1, -0.05) is 0 Å². The van der Waals surface area contributed by atoms with Gasteiger partial charge < -0.3 is 20.9 Å². The van der Waals surface area contributed by atoms with Crippen molar-refractivity contribution in [2.24, 2.45) is 0 Å². The molecule has 0 fully saturated rings. The molecule has 0 radical (unpaired) electrons. The van der Waals surface area contributed by atoms with Gasteiger partial charge in [-0.15, -0.1) is 0 Å². The minimum atomic E-state index is 0.226. The first-order chi connectivity index (χ1) is 7.90. The molecule has 1 aromatic rings. The molecule has 0 bridgehead atoms. The number of rotatable bonds is 5. The lowest BCUT2D eigenvalue weighted by molar-refractivity contribution is 0.326. The van der Waals surface area contributed by atoms with Crippen LogP contribution < -0.4 is 16.0 Å². The maximum Gasteiger partial charge on any atom is 0.231 e. The fourth-order valence-electron chi connectivity index (χ4n) is 1.08. The molecule has 96 valence electrons. The molecule has 0 aliphatic rings. The van der Waals surface area contributed by atoms with Crippen LogP contribution in [-0.2, 0) is 0 Å². The maximum absolute atomic E-state index is 5.62. The van der Waals surface area contributed by atoms with Crippen molar-refractivity contribution in [3.63, 3.8) is 0 Å². The maximum atomic E-state index is 5.62. The summed E-state index contributed by atoms with van der Waals surface area (Å²) in [6.45, 7) is 2.87. The van der Waals surface area contributed by atoms with Crippen molar-refractivity contribution in [3.8, 4) is 0 Å². The van der Waals surface area contributed by atoms with Crippen LogP contribution in [0.2, 0.25) is 0 Å². The van der Waals surface area contributed by atoms with Crippen molar-refractivity contribution in [2.75, 3.05) is 50.7 Å². The number of likely N-dealkylation sites (N-methyl/N-ethyl adjacent to an activating group) is 1. The number of nitrogen functional groups attached to an aromatic ring is 1. The van der Waals surface area contributed by atoms with Gasteiger partial charge in [-0.25, -0.2) is 0 Å².